The van der Waals surface area contributed by atoms with Crippen LogP contribution in [0.1, 0.15) is 68.2 Å². The van der Waals surface area contributed by atoms with Crippen LogP contribution in [0.5, 0.6) is 0 Å². The monoisotopic (exact) mass is 614 g/mol. The number of nitrogens with zero attached hydrogens (tertiary/aromatic N) is 2. The van der Waals surface area contributed by atoms with E-state index in [2.05, 4.69) is 127 Å². The van der Waals surface area contributed by atoms with Crippen molar-refractivity contribution >= 4 is 22.1 Å². The summed E-state index contributed by atoms with van der Waals surface area (Å²) in [5.41, 5.74) is 11.4. The van der Waals surface area contributed by atoms with Gasteiger partial charge in [-0.25, -0.2) is 0 Å². The second kappa shape index (κ2) is 9.72. The molecule has 0 atom stereocenters. The van der Waals surface area contributed by atoms with Crippen LogP contribution in [-0.2, 0) is 10.8 Å². The number of hydrogen-bond acceptors (Lipinski definition) is 3. The fourth-order valence-corrected chi connectivity index (χ4v) is 11.7. The first-order chi connectivity index (χ1) is 22.5. The third-order valence-corrected chi connectivity index (χ3v) is 13.5. The summed E-state index contributed by atoms with van der Waals surface area (Å²) in [4.78, 5) is 0. The van der Waals surface area contributed by atoms with Gasteiger partial charge in [0, 0.05) is 22.0 Å². The van der Waals surface area contributed by atoms with Gasteiger partial charge in [-0.2, -0.15) is 0 Å². The van der Waals surface area contributed by atoms with Crippen LogP contribution < -0.4 is 0 Å². The molecule has 0 saturated heterocycles. The van der Waals surface area contributed by atoms with Crippen LogP contribution in [0.2, 0.25) is 0 Å². The van der Waals surface area contributed by atoms with Crippen molar-refractivity contribution in [3.63, 3.8) is 0 Å². The zero-order valence-corrected chi connectivity index (χ0v) is 27.4. The molecule has 0 radical (unpaired) electrons. The molecule has 6 aromatic rings. The van der Waals surface area contributed by atoms with E-state index in [1.165, 1.54) is 54.0 Å². The van der Waals surface area contributed by atoms with Gasteiger partial charge in [-0.05, 0) is 106 Å². The van der Waals surface area contributed by atoms with Gasteiger partial charge >= 0.3 is 0 Å². The number of hydrogen-bond donors (Lipinski definition) is 0. The summed E-state index contributed by atoms with van der Waals surface area (Å²) in [6.45, 7) is 4.94. The molecule has 11 rings (SSSR count). The maximum absolute atomic E-state index is 4.67. The zero-order chi connectivity index (χ0) is 30.6. The Balaban J connectivity index is 1.14. The molecule has 4 bridgehead atoms. The third-order valence-electron chi connectivity index (χ3n) is 12.5. The van der Waals surface area contributed by atoms with Crippen molar-refractivity contribution in [3.8, 4) is 32.3 Å². The number of fused-ring (bicyclic) bond motifs is 3. The third kappa shape index (κ3) is 3.64. The maximum Gasteiger partial charge on any atom is 0.148 e. The zero-order valence-electron chi connectivity index (χ0n) is 26.5. The van der Waals surface area contributed by atoms with Crippen molar-refractivity contribution < 1.29 is 0 Å². The van der Waals surface area contributed by atoms with Gasteiger partial charge in [0.05, 0.1) is 0 Å². The van der Waals surface area contributed by atoms with Crippen molar-refractivity contribution in [1.82, 2.24) is 10.2 Å². The molecular formula is C43H38N2S. The summed E-state index contributed by atoms with van der Waals surface area (Å²) in [7, 11) is 0. The van der Waals surface area contributed by atoms with Crippen molar-refractivity contribution in [3.05, 3.63) is 131 Å². The van der Waals surface area contributed by atoms with Crippen molar-refractivity contribution in [2.24, 2.45) is 23.7 Å². The molecule has 1 spiro atoms. The Kier molecular flexibility index (Phi) is 5.72. The molecule has 4 saturated carbocycles. The van der Waals surface area contributed by atoms with Crippen LogP contribution in [0.3, 0.4) is 0 Å². The first-order valence-electron chi connectivity index (χ1n) is 17.2. The van der Waals surface area contributed by atoms with Gasteiger partial charge in [-0.15, -0.1) is 10.2 Å². The van der Waals surface area contributed by atoms with E-state index in [-0.39, 0.29) is 10.8 Å². The molecule has 0 N–H and O–H groups in total. The minimum atomic E-state index is -0.0575. The lowest BCUT2D eigenvalue weighted by Gasteiger charge is -2.64. The number of rotatable bonds is 3. The van der Waals surface area contributed by atoms with Gasteiger partial charge in [0.15, 0.2) is 0 Å². The van der Waals surface area contributed by atoms with E-state index in [0.29, 0.717) is 0 Å². The minimum absolute atomic E-state index is 0.0575. The predicted molar refractivity (Wildman–Crippen MR) is 190 cm³/mol. The van der Waals surface area contributed by atoms with Gasteiger partial charge in [0.2, 0.25) is 0 Å². The highest BCUT2D eigenvalue weighted by Gasteiger charge is 2.62. The lowest BCUT2D eigenvalue weighted by molar-refractivity contribution is -0.0443. The molecule has 5 aliphatic carbocycles. The molecular weight excluding hydrogens is 577 g/mol. The van der Waals surface area contributed by atoms with E-state index in [9.17, 15) is 0 Å². The molecule has 1 heterocycles. The molecule has 3 heteroatoms. The lowest BCUT2D eigenvalue weighted by Crippen LogP contribution is -2.58. The molecule has 226 valence electrons. The summed E-state index contributed by atoms with van der Waals surface area (Å²) >= 11 is 1.67. The Hall–Kier alpha value is -4.08. The molecule has 1 aromatic heterocycles. The molecule has 0 unspecified atom stereocenters. The average molecular weight is 615 g/mol. The number of benzene rings is 5. The maximum atomic E-state index is 4.67. The standard InChI is InChI=1S/C43H38N2S/c1-42(2)36-14-8-9-15-37(36)43(30-21-26-20-27(23-30)24-31(43)22-26)38-19-16-29(25-39(38)42)32-17-18-35(34-13-7-6-12-33(32)34)41-45-44-40(46-41)28-10-4-3-5-11-28/h3-19,25-27,30-31H,20-24H2,1-2H3. The average Bonchev–Trinajstić information content (AvgIpc) is 3.58. The second-order valence-electron chi connectivity index (χ2n) is 15.1. The smallest absolute Gasteiger partial charge is 0.138 e. The highest BCUT2D eigenvalue weighted by atomic mass is 32.1. The van der Waals surface area contributed by atoms with E-state index >= 15 is 0 Å². The van der Waals surface area contributed by atoms with E-state index in [0.717, 1.165) is 44.8 Å². The topological polar surface area (TPSA) is 25.8 Å². The first-order valence-corrected chi connectivity index (χ1v) is 18.0. The molecule has 2 nitrogen and oxygen atoms in total. The Bertz CT molecular complexity index is 2130. The van der Waals surface area contributed by atoms with Crippen LogP contribution in [0.25, 0.3) is 43.0 Å². The summed E-state index contributed by atoms with van der Waals surface area (Å²) in [5.74, 6) is 3.41. The second-order valence-corrected chi connectivity index (χ2v) is 16.1. The predicted octanol–water partition coefficient (Wildman–Crippen LogP) is 11.1. The highest BCUT2D eigenvalue weighted by Crippen LogP contribution is 2.68. The van der Waals surface area contributed by atoms with E-state index in [1.807, 2.05) is 6.07 Å². The van der Waals surface area contributed by atoms with Crippen LogP contribution in [0.15, 0.2) is 109 Å². The van der Waals surface area contributed by atoms with Gasteiger partial charge in [0.1, 0.15) is 10.0 Å². The summed E-state index contributed by atoms with van der Waals surface area (Å²) in [6.07, 6.45) is 7.12. The van der Waals surface area contributed by atoms with Crippen molar-refractivity contribution in [1.29, 1.82) is 0 Å². The molecule has 0 amide bonds. The van der Waals surface area contributed by atoms with Crippen LogP contribution in [0.4, 0.5) is 0 Å². The van der Waals surface area contributed by atoms with E-state index < -0.39 is 0 Å². The van der Waals surface area contributed by atoms with E-state index in [1.54, 1.807) is 33.6 Å². The Labute approximate surface area is 275 Å². The fourth-order valence-electron chi connectivity index (χ4n) is 10.8. The Morgan fingerprint density at radius 2 is 1.11 bits per heavy atom. The van der Waals surface area contributed by atoms with Gasteiger partial charge in [-0.1, -0.05) is 128 Å². The first kappa shape index (κ1) is 27.1. The van der Waals surface area contributed by atoms with Gasteiger partial charge in [-0.3, -0.25) is 0 Å². The van der Waals surface area contributed by atoms with E-state index in [4.69, 9.17) is 0 Å². The minimum Gasteiger partial charge on any atom is -0.138 e. The van der Waals surface area contributed by atoms with Crippen molar-refractivity contribution in [2.75, 3.05) is 0 Å². The van der Waals surface area contributed by atoms with Crippen LogP contribution >= 0.6 is 11.3 Å². The quantitative estimate of drug-likeness (QED) is 0.198. The Morgan fingerprint density at radius 1 is 0.522 bits per heavy atom. The normalized spacial score (nSPS) is 26.7. The van der Waals surface area contributed by atoms with Crippen LogP contribution in [0, 0.1) is 23.7 Å². The summed E-state index contributed by atoms with van der Waals surface area (Å²) in [6, 6.07) is 41.0. The number of aromatic nitrogens is 2. The Morgan fingerprint density at radius 3 is 1.85 bits per heavy atom. The largest absolute Gasteiger partial charge is 0.148 e. The highest BCUT2D eigenvalue weighted by molar-refractivity contribution is 7.18. The molecule has 46 heavy (non-hydrogen) atoms. The van der Waals surface area contributed by atoms with Gasteiger partial charge in [0.25, 0.3) is 0 Å². The summed E-state index contributed by atoms with van der Waals surface area (Å²) < 4.78 is 0. The molecule has 0 aliphatic heterocycles. The van der Waals surface area contributed by atoms with Gasteiger partial charge < -0.3 is 0 Å². The SMILES string of the molecule is CC1(C)c2ccccc2C2(c3ccc(-c4ccc(-c5nnc(-c6ccccc6)s5)c5ccccc45)cc31)C1CC3CC(C1)CC2C3. The fraction of sp³-hybridized carbons (Fsp3) is 0.302. The van der Waals surface area contributed by atoms with Crippen molar-refractivity contribution in [2.45, 2.75) is 56.8 Å². The molecule has 5 aliphatic rings. The lowest BCUT2D eigenvalue weighted by atomic mass is 9.39. The van der Waals surface area contributed by atoms with Crippen LogP contribution in [-0.4, -0.2) is 10.2 Å². The summed E-state index contributed by atoms with van der Waals surface area (Å²) in [5, 5.41) is 13.7. The molecule has 4 fully saturated rings. The molecule has 5 aromatic carbocycles.